The summed E-state index contributed by atoms with van der Waals surface area (Å²) in [6.45, 7) is 7.44. The molecule has 1 unspecified atom stereocenters. The molecule has 0 aromatic rings. The van der Waals surface area contributed by atoms with Gasteiger partial charge in [-0.2, -0.15) is 0 Å². The van der Waals surface area contributed by atoms with Crippen LogP contribution in [0.15, 0.2) is 4.76 Å². The van der Waals surface area contributed by atoms with Crippen LogP contribution in [0.3, 0.4) is 0 Å². The minimum absolute atomic E-state index is 0.682. The number of amidine groups is 1. The first kappa shape index (κ1) is 9.90. The van der Waals surface area contributed by atoms with Gasteiger partial charge in [-0.3, -0.25) is 4.76 Å². The van der Waals surface area contributed by atoms with E-state index in [0.717, 1.165) is 12.4 Å². The van der Waals surface area contributed by atoms with Gasteiger partial charge in [0.05, 0.1) is 5.84 Å². The minimum atomic E-state index is 0.682. The Hall–Kier alpha value is -0.100. The smallest absolute Gasteiger partial charge is 0.0992 e. The van der Waals surface area contributed by atoms with Crippen molar-refractivity contribution in [1.82, 2.24) is 4.90 Å². The zero-order valence-corrected chi connectivity index (χ0v) is 8.31. The zero-order chi connectivity index (χ0) is 7.98. The summed E-state index contributed by atoms with van der Waals surface area (Å²) >= 11 is 0. The normalized spacial score (nSPS) is 13.0. The van der Waals surface area contributed by atoms with Crippen molar-refractivity contribution in [1.29, 1.82) is 0 Å². The van der Waals surface area contributed by atoms with Crippen LogP contribution in [0.2, 0.25) is 0 Å². The number of hydrogen-bond donors (Lipinski definition) is 0. The third kappa shape index (κ3) is 3.84. The predicted molar refractivity (Wildman–Crippen MR) is 50.3 cm³/mol. The van der Waals surface area contributed by atoms with Crippen LogP contribution in [0.1, 0.15) is 20.3 Å². The lowest BCUT2D eigenvalue weighted by Gasteiger charge is -2.16. The number of hydrogen-bond acceptors (Lipinski definition) is 1. The summed E-state index contributed by atoms with van der Waals surface area (Å²) in [6, 6.07) is 0. The fraction of sp³-hybridized carbons (Fsp3) is 0.857. The molecule has 2 nitrogen and oxygen atoms in total. The fourth-order valence-corrected chi connectivity index (χ4v) is 1.24. The van der Waals surface area contributed by atoms with Gasteiger partial charge in [0.15, 0.2) is 0 Å². The van der Waals surface area contributed by atoms with Crippen molar-refractivity contribution in [2.75, 3.05) is 20.3 Å². The van der Waals surface area contributed by atoms with E-state index in [4.69, 9.17) is 0 Å². The molecule has 0 N–H and O–H groups in total. The first-order chi connectivity index (χ1) is 4.72. The highest BCUT2D eigenvalue weighted by Gasteiger charge is 1.95. The van der Waals surface area contributed by atoms with E-state index in [1.54, 1.807) is 0 Å². The molecule has 0 fully saturated rings. The molecule has 0 radical (unpaired) electrons. The van der Waals surface area contributed by atoms with E-state index < -0.39 is 0 Å². The van der Waals surface area contributed by atoms with E-state index in [0.29, 0.717) is 8.73 Å². The van der Waals surface area contributed by atoms with Crippen molar-refractivity contribution in [3.05, 3.63) is 0 Å². The minimum Gasteiger partial charge on any atom is -0.363 e. The quantitative estimate of drug-likeness (QED) is 0.350. The van der Waals surface area contributed by atoms with Crippen molar-refractivity contribution in [3.8, 4) is 0 Å². The molecule has 0 aromatic carbocycles. The highest BCUT2D eigenvalue weighted by atomic mass is 31.1. The summed E-state index contributed by atoms with van der Waals surface area (Å²) in [7, 11) is 2.77. The maximum atomic E-state index is 4.31. The molecular weight excluding hydrogens is 143 g/mol. The molecule has 3 heteroatoms. The van der Waals surface area contributed by atoms with E-state index in [2.05, 4.69) is 37.2 Å². The fourth-order valence-electron chi connectivity index (χ4n) is 0.744. The van der Waals surface area contributed by atoms with Crippen LogP contribution < -0.4 is 0 Å². The second-order valence-corrected chi connectivity index (χ2v) is 2.97. The van der Waals surface area contributed by atoms with Gasteiger partial charge in [-0.1, -0.05) is 6.92 Å². The standard InChI is InChI=1S/C7H17N2P/c1-5-6-9(3)7(2)8-10-4/h10H,5-6H2,1-4H3/b8-7+. The Morgan fingerprint density at radius 3 is 2.60 bits per heavy atom. The van der Waals surface area contributed by atoms with Crippen LogP contribution in [-0.2, 0) is 0 Å². The number of rotatable bonds is 3. The molecule has 1 atom stereocenters. The lowest BCUT2D eigenvalue weighted by Crippen LogP contribution is -2.24. The average Bonchev–Trinajstić information content (AvgIpc) is 1.89. The van der Waals surface area contributed by atoms with Gasteiger partial charge in [0.1, 0.15) is 0 Å². The first-order valence-corrected chi connectivity index (χ1v) is 5.09. The average molecular weight is 160 g/mol. The van der Waals surface area contributed by atoms with Crippen LogP contribution in [-0.4, -0.2) is 31.0 Å². The van der Waals surface area contributed by atoms with Gasteiger partial charge in [-0.25, -0.2) is 0 Å². The molecule has 0 aliphatic rings. The van der Waals surface area contributed by atoms with Gasteiger partial charge in [0.25, 0.3) is 0 Å². The van der Waals surface area contributed by atoms with Gasteiger partial charge in [-0.05, 0) is 20.0 Å². The van der Waals surface area contributed by atoms with E-state index in [-0.39, 0.29) is 0 Å². The predicted octanol–water partition coefficient (Wildman–Crippen LogP) is 1.97. The Balaban J connectivity index is 3.69. The monoisotopic (exact) mass is 160 g/mol. The Kier molecular flexibility index (Phi) is 5.61. The molecule has 0 aromatic heterocycles. The van der Waals surface area contributed by atoms with Crippen LogP contribution in [0, 0.1) is 0 Å². The topological polar surface area (TPSA) is 15.6 Å². The Morgan fingerprint density at radius 2 is 2.20 bits per heavy atom. The summed E-state index contributed by atoms with van der Waals surface area (Å²) in [5.41, 5.74) is 0. The third-order valence-corrected chi connectivity index (χ3v) is 1.93. The largest absolute Gasteiger partial charge is 0.363 e. The molecule has 0 amide bonds. The lowest BCUT2D eigenvalue weighted by molar-refractivity contribution is 0.499. The highest BCUT2D eigenvalue weighted by Crippen LogP contribution is 2.05. The maximum absolute atomic E-state index is 4.31. The molecular formula is C7H17N2P. The summed E-state index contributed by atoms with van der Waals surface area (Å²) in [6.07, 6.45) is 1.19. The molecule has 0 aliphatic carbocycles. The maximum Gasteiger partial charge on any atom is 0.0992 e. The SMILES string of the molecule is CCCN(C)/C(C)=N/PC. The van der Waals surface area contributed by atoms with Crippen molar-refractivity contribution >= 4 is 14.6 Å². The van der Waals surface area contributed by atoms with Crippen LogP contribution >= 0.6 is 8.73 Å². The molecule has 60 valence electrons. The van der Waals surface area contributed by atoms with Gasteiger partial charge in [-0.15, -0.1) is 0 Å². The Labute approximate surface area is 65.6 Å². The molecule has 0 bridgehead atoms. The van der Waals surface area contributed by atoms with Gasteiger partial charge in [0.2, 0.25) is 0 Å². The molecule has 0 aliphatic heterocycles. The number of nitrogens with zero attached hydrogens (tertiary/aromatic N) is 2. The van der Waals surface area contributed by atoms with Crippen molar-refractivity contribution in [3.63, 3.8) is 0 Å². The Bertz CT molecular complexity index is 112. The third-order valence-electron chi connectivity index (χ3n) is 1.39. The molecule has 0 spiro atoms. The van der Waals surface area contributed by atoms with Gasteiger partial charge in [0, 0.05) is 22.3 Å². The molecule has 0 saturated carbocycles. The summed E-state index contributed by atoms with van der Waals surface area (Å²) in [4.78, 5) is 2.19. The van der Waals surface area contributed by atoms with Crippen molar-refractivity contribution in [2.45, 2.75) is 20.3 Å². The summed E-state index contributed by atoms with van der Waals surface area (Å²) < 4.78 is 4.31. The lowest BCUT2D eigenvalue weighted by atomic mass is 10.4. The van der Waals surface area contributed by atoms with Crippen molar-refractivity contribution in [2.24, 2.45) is 4.76 Å². The van der Waals surface area contributed by atoms with E-state index in [1.165, 1.54) is 6.42 Å². The molecule has 0 rings (SSSR count). The molecule has 0 saturated heterocycles. The zero-order valence-electron chi connectivity index (χ0n) is 7.31. The van der Waals surface area contributed by atoms with Crippen molar-refractivity contribution < 1.29 is 0 Å². The summed E-state index contributed by atoms with van der Waals surface area (Å²) in [5.74, 6) is 1.16. The molecule has 0 heterocycles. The van der Waals surface area contributed by atoms with E-state index in [9.17, 15) is 0 Å². The molecule has 10 heavy (non-hydrogen) atoms. The Morgan fingerprint density at radius 1 is 1.60 bits per heavy atom. The van der Waals surface area contributed by atoms with E-state index in [1.807, 2.05) is 0 Å². The highest BCUT2D eigenvalue weighted by molar-refractivity contribution is 7.35. The second-order valence-electron chi connectivity index (χ2n) is 2.30. The van der Waals surface area contributed by atoms with Gasteiger partial charge < -0.3 is 4.90 Å². The summed E-state index contributed by atoms with van der Waals surface area (Å²) in [5, 5.41) is 0. The van der Waals surface area contributed by atoms with Gasteiger partial charge >= 0.3 is 0 Å². The second kappa shape index (κ2) is 5.67. The van der Waals surface area contributed by atoms with E-state index >= 15 is 0 Å². The van der Waals surface area contributed by atoms with Crippen LogP contribution in [0.5, 0.6) is 0 Å². The van der Waals surface area contributed by atoms with Crippen LogP contribution in [0.25, 0.3) is 0 Å². The first-order valence-electron chi connectivity index (χ1n) is 3.64. The van der Waals surface area contributed by atoms with Crippen LogP contribution in [0.4, 0.5) is 0 Å².